The van der Waals surface area contributed by atoms with E-state index in [4.69, 9.17) is 0 Å². The zero-order valence-electron chi connectivity index (χ0n) is 19.1. The number of alkyl halides is 1. The Labute approximate surface area is 194 Å². The molecule has 174 valence electrons. The van der Waals surface area contributed by atoms with Crippen molar-refractivity contribution in [2.75, 3.05) is 19.6 Å². The fourth-order valence-electron chi connectivity index (χ4n) is 6.82. The largest absolute Gasteiger partial charge is 0.358 e. The third-order valence-corrected chi connectivity index (χ3v) is 8.39. The molecule has 4 heterocycles. The summed E-state index contributed by atoms with van der Waals surface area (Å²) in [6.07, 6.45) is 5.48. The number of hydrogen-bond donors (Lipinski definition) is 2. The van der Waals surface area contributed by atoms with E-state index >= 15 is 4.39 Å². The number of fused-ring (bicyclic) bond motifs is 3. The van der Waals surface area contributed by atoms with Crippen molar-refractivity contribution >= 4 is 10.9 Å². The lowest BCUT2D eigenvalue weighted by Gasteiger charge is -2.40. The van der Waals surface area contributed by atoms with Gasteiger partial charge in [0.15, 0.2) is 0 Å². The van der Waals surface area contributed by atoms with E-state index in [0.717, 1.165) is 48.8 Å². The topological polar surface area (TPSA) is 31.1 Å². The minimum absolute atomic E-state index is 0.165. The molecule has 3 saturated heterocycles. The van der Waals surface area contributed by atoms with Crippen molar-refractivity contribution in [1.82, 2.24) is 15.2 Å². The number of hydrogen-bond acceptors (Lipinski definition) is 2. The van der Waals surface area contributed by atoms with Gasteiger partial charge in [-0.2, -0.15) is 0 Å². The fourth-order valence-corrected chi connectivity index (χ4v) is 6.82. The van der Waals surface area contributed by atoms with Gasteiger partial charge in [-0.1, -0.05) is 30.3 Å². The van der Waals surface area contributed by atoms with E-state index in [1.165, 1.54) is 30.2 Å². The number of rotatable bonds is 5. The number of piperidine rings is 2. The molecule has 2 N–H and O–H groups in total. The molecule has 3 unspecified atom stereocenters. The van der Waals surface area contributed by atoms with E-state index in [2.05, 4.69) is 45.5 Å². The fraction of sp³-hybridized carbons (Fsp3) is 0.500. The minimum atomic E-state index is -0.850. The Hall–Kier alpha value is -2.24. The van der Waals surface area contributed by atoms with Crippen LogP contribution in [-0.2, 0) is 6.42 Å². The number of nitrogens with zero attached hydrogens (tertiary/aromatic N) is 1. The zero-order valence-corrected chi connectivity index (χ0v) is 19.1. The number of benzene rings is 2. The van der Waals surface area contributed by atoms with E-state index in [-0.39, 0.29) is 11.7 Å². The molecule has 0 spiro atoms. The highest BCUT2D eigenvalue weighted by Crippen LogP contribution is 2.47. The quantitative estimate of drug-likeness (QED) is 0.525. The van der Waals surface area contributed by atoms with Crippen molar-refractivity contribution in [3.63, 3.8) is 0 Å². The second kappa shape index (κ2) is 8.84. The lowest BCUT2D eigenvalue weighted by atomic mass is 9.81. The summed E-state index contributed by atoms with van der Waals surface area (Å²) in [5, 5.41) is 4.39. The van der Waals surface area contributed by atoms with Crippen molar-refractivity contribution in [2.45, 2.75) is 68.6 Å². The second-order valence-corrected chi connectivity index (χ2v) is 10.3. The lowest BCUT2D eigenvalue weighted by molar-refractivity contribution is 0.126. The molecule has 3 aliphatic heterocycles. The van der Waals surface area contributed by atoms with Gasteiger partial charge in [0, 0.05) is 53.6 Å². The Morgan fingerprint density at radius 3 is 2.52 bits per heavy atom. The van der Waals surface area contributed by atoms with Gasteiger partial charge in [-0.25, -0.2) is 8.78 Å². The maximum atomic E-state index is 15.1. The standard InChI is InChI=1S/C28H33F2N3/c29-20-6-9-23-26(16-20)32-28(27(23)24-17-31-12-10-25(24)30)19-14-21-7-8-22(15-19)33(21)13-11-18-4-2-1-3-5-18/h1-6,9,16,19,21-22,24-25,31-32H,7-8,10-15,17H2/t19?,21?,22?,24?,25-/m1/s1. The van der Waals surface area contributed by atoms with E-state index in [9.17, 15) is 4.39 Å². The number of nitrogens with one attached hydrogen (secondary N) is 2. The zero-order chi connectivity index (χ0) is 22.4. The monoisotopic (exact) mass is 449 g/mol. The van der Waals surface area contributed by atoms with Crippen LogP contribution in [0.2, 0.25) is 0 Å². The molecule has 2 aromatic carbocycles. The predicted molar refractivity (Wildman–Crippen MR) is 129 cm³/mol. The van der Waals surface area contributed by atoms with Crippen LogP contribution in [0.5, 0.6) is 0 Å². The summed E-state index contributed by atoms with van der Waals surface area (Å²) in [6, 6.07) is 16.9. The van der Waals surface area contributed by atoms with E-state index in [1.54, 1.807) is 6.07 Å². The third kappa shape index (κ3) is 4.00. The van der Waals surface area contributed by atoms with Crippen LogP contribution in [0.25, 0.3) is 10.9 Å². The Balaban J connectivity index is 1.28. The average molecular weight is 450 g/mol. The number of aromatic amines is 1. The van der Waals surface area contributed by atoms with Crippen LogP contribution in [0.15, 0.2) is 48.5 Å². The Bertz CT molecular complexity index is 1100. The van der Waals surface area contributed by atoms with Crippen molar-refractivity contribution in [1.29, 1.82) is 0 Å². The summed E-state index contributed by atoms with van der Waals surface area (Å²) in [7, 11) is 0. The SMILES string of the molecule is Fc1ccc2c(C3CNCC[C@H]3F)c(C3CC4CCC(C3)N4CCc3ccccc3)[nH]c2c1. The molecule has 3 fully saturated rings. The molecule has 6 rings (SSSR count). The minimum Gasteiger partial charge on any atom is -0.358 e. The molecule has 1 aromatic heterocycles. The smallest absolute Gasteiger partial charge is 0.125 e. The maximum absolute atomic E-state index is 15.1. The van der Waals surface area contributed by atoms with Gasteiger partial charge in [-0.15, -0.1) is 0 Å². The molecule has 4 atom stereocenters. The first-order chi connectivity index (χ1) is 16.2. The van der Waals surface area contributed by atoms with Crippen molar-refractivity contribution in [3.05, 3.63) is 71.2 Å². The van der Waals surface area contributed by atoms with Crippen LogP contribution in [0.3, 0.4) is 0 Å². The molecule has 0 amide bonds. The van der Waals surface area contributed by atoms with Gasteiger partial charge >= 0.3 is 0 Å². The molecule has 33 heavy (non-hydrogen) atoms. The average Bonchev–Trinajstić information content (AvgIpc) is 3.31. The van der Waals surface area contributed by atoms with Crippen LogP contribution >= 0.6 is 0 Å². The number of aromatic nitrogens is 1. The van der Waals surface area contributed by atoms with Gasteiger partial charge < -0.3 is 10.3 Å². The number of halogens is 2. The Morgan fingerprint density at radius 1 is 0.970 bits per heavy atom. The highest BCUT2D eigenvalue weighted by atomic mass is 19.1. The normalized spacial score (nSPS) is 30.2. The second-order valence-electron chi connectivity index (χ2n) is 10.3. The molecule has 2 bridgehead atoms. The van der Waals surface area contributed by atoms with E-state index in [1.807, 2.05) is 6.07 Å². The predicted octanol–water partition coefficient (Wildman–Crippen LogP) is 5.68. The van der Waals surface area contributed by atoms with Gasteiger partial charge in [0.2, 0.25) is 0 Å². The Morgan fingerprint density at radius 2 is 1.76 bits per heavy atom. The molecule has 0 saturated carbocycles. The van der Waals surface area contributed by atoms with Gasteiger partial charge in [0.05, 0.1) is 0 Å². The summed E-state index contributed by atoms with van der Waals surface area (Å²) >= 11 is 0. The van der Waals surface area contributed by atoms with Crippen LogP contribution < -0.4 is 5.32 Å². The lowest BCUT2D eigenvalue weighted by Crippen LogP contribution is -2.43. The highest BCUT2D eigenvalue weighted by molar-refractivity contribution is 5.86. The van der Waals surface area contributed by atoms with Crippen LogP contribution in [-0.4, -0.2) is 47.8 Å². The maximum Gasteiger partial charge on any atom is 0.125 e. The van der Waals surface area contributed by atoms with Crippen LogP contribution in [0.4, 0.5) is 8.78 Å². The molecule has 0 aliphatic carbocycles. The summed E-state index contributed by atoms with van der Waals surface area (Å²) in [6.45, 7) is 2.49. The van der Waals surface area contributed by atoms with Gasteiger partial charge in [0.1, 0.15) is 12.0 Å². The van der Waals surface area contributed by atoms with Gasteiger partial charge in [0.25, 0.3) is 0 Å². The molecular weight excluding hydrogens is 416 g/mol. The highest BCUT2D eigenvalue weighted by Gasteiger charge is 2.43. The van der Waals surface area contributed by atoms with Crippen LogP contribution in [0.1, 0.15) is 60.8 Å². The molecule has 3 aromatic rings. The summed E-state index contributed by atoms with van der Waals surface area (Å²) < 4.78 is 29.2. The van der Waals surface area contributed by atoms with E-state index < -0.39 is 6.17 Å². The van der Waals surface area contributed by atoms with Crippen molar-refractivity contribution < 1.29 is 8.78 Å². The van der Waals surface area contributed by atoms with E-state index in [0.29, 0.717) is 31.0 Å². The third-order valence-electron chi connectivity index (χ3n) is 8.39. The van der Waals surface area contributed by atoms with Crippen LogP contribution in [0, 0.1) is 5.82 Å². The number of H-pyrrole nitrogens is 1. The summed E-state index contributed by atoms with van der Waals surface area (Å²) in [5.41, 5.74) is 4.49. The first kappa shape index (κ1) is 21.3. The molecular formula is C28H33F2N3. The van der Waals surface area contributed by atoms with Crippen molar-refractivity contribution in [2.24, 2.45) is 0 Å². The first-order valence-corrected chi connectivity index (χ1v) is 12.6. The first-order valence-electron chi connectivity index (χ1n) is 12.6. The van der Waals surface area contributed by atoms with Gasteiger partial charge in [-0.05, 0) is 74.4 Å². The molecule has 5 heteroatoms. The summed E-state index contributed by atoms with van der Waals surface area (Å²) in [4.78, 5) is 6.31. The molecule has 3 nitrogen and oxygen atoms in total. The Kier molecular flexibility index (Phi) is 5.71. The van der Waals surface area contributed by atoms with Gasteiger partial charge in [-0.3, -0.25) is 4.90 Å². The van der Waals surface area contributed by atoms with Crippen molar-refractivity contribution in [3.8, 4) is 0 Å². The molecule has 3 aliphatic rings. The summed E-state index contributed by atoms with van der Waals surface area (Å²) in [5.74, 6) is -0.0204. The molecule has 0 radical (unpaired) electrons.